The van der Waals surface area contributed by atoms with Gasteiger partial charge in [-0.1, -0.05) is 12.7 Å². The summed E-state index contributed by atoms with van der Waals surface area (Å²) in [5.41, 5.74) is 5.27. The number of nitrogens with zero attached hydrogens (tertiary/aromatic N) is 4. The molecule has 0 amide bonds. The number of hydrogen-bond acceptors (Lipinski definition) is 5. The number of H-pyrrole nitrogens is 2. The third kappa shape index (κ3) is 3.49. The average Bonchev–Trinajstić information content (AvgIpc) is 3.51. The number of fused-ring (bicyclic) bond motifs is 1. The van der Waals surface area contributed by atoms with E-state index in [0.717, 1.165) is 49.0 Å². The first-order valence-electron chi connectivity index (χ1n) is 9.87. The second-order valence-electron chi connectivity index (χ2n) is 7.15. The Labute approximate surface area is 182 Å². The highest BCUT2D eigenvalue weighted by atomic mass is 32.1. The standard InChI is InChI=1S/C24H20N6S/c1-4-18-17(13-14(2)16-7-10-25-11-8-16)21(30-29-18)24-27-19-9-12-26-23(22(19)28-24)20-6-5-15(3)31-20/h4-13,29H,2H2,1,3H3,(H,27,28)/b17-13+,18-4+. The Hall–Kier alpha value is -3.84. The number of rotatable bonds is 4. The number of nitrogens with one attached hydrogen (secondary N) is 2. The predicted octanol–water partition coefficient (Wildman–Crippen LogP) is 4.07. The Balaban J connectivity index is 1.68. The van der Waals surface area contributed by atoms with Gasteiger partial charge in [-0.2, -0.15) is 5.10 Å². The van der Waals surface area contributed by atoms with Crippen molar-refractivity contribution in [3.8, 4) is 22.1 Å². The summed E-state index contributed by atoms with van der Waals surface area (Å²) in [4.78, 5) is 19.3. The fourth-order valence-electron chi connectivity index (χ4n) is 3.52. The quantitative estimate of drug-likeness (QED) is 0.455. The van der Waals surface area contributed by atoms with Crippen molar-refractivity contribution in [2.24, 2.45) is 0 Å². The van der Waals surface area contributed by atoms with Crippen molar-refractivity contribution < 1.29 is 0 Å². The summed E-state index contributed by atoms with van der Waals surface area (Å²) in [5, 5.41) is 9.51. The van der Waals surface area contributed by atoms with E-state index in [1.165, 1.54) is 4.88 Å². The van der Waals surface area contributed by atoms with E-state index in [1.807, 2.05) is 43.5 Å². The number of aryl methyl sites for hydroxylation is 1. The van der Waals surface area contributed by atoms with Crippen LogP contribution in [0.1, 0.15) is 17.4 Å². The molecule has 0 saturated heterocycles. The molecule has 0 radical (unpaired) electrons. The molecule has 0 aliphatic heterocycles. The van der Waals surface area contributed by atoms with Gasteiger partial charge in [0.2, 0.25) is 0 Å². The van der Waals surface area contributed by atoms with Gasteiger partial charge in [0.05, 0.1) is 15.7 Å². The predicted molar refractivity (Wildman–Crippen MR) is 127 cm³/mol. The van der Waals surface area contributed by atoms with Gasteiger partial charge in [0.1, 0.15) is 16.9 Å². The summed E-state index contributed by atoms with van der Waals surface area (Å²) in [6.07, 6.45) is 9.35. The van der Waals surface area contributed by atoms with Gasteiger partial charge in [-0.05, 0) is 61.4 Å². The molecule has 0 fully saturated rings. The van der Waals surface area contributed by atoms with Crippen LogP contribution in [0.3, 0.4) is 0 Å². The minimum Gasteiger partial charge on any atom is -0.336 e. The van der Waals surface area contributed by atoms with Crippen LogP contribution < -0.4 is 10.6 Å². The Bertz CT molecular complexity index is 1520. The molecule has 6 nitrogen and oxygen atoms in total. The molecule has 5 heterocycles. The maximum atomic E-state index is 4.89. The lowest BCUT2D eigenvalue weighted by atomic mass is 10.1. The Morgan fingerprint density at radius 1 is 1.06 bits per heavy atom. The van der Waals surface area contributed by atoms with Crippen molar-refractivity contribution in [1.29, 1.82) is 0 Å². The normalized spacial score (nSPS) is 12.7. The second-order valence-corrected chi connectivity index (χ2v) is 8.43. The van der Waals surface area contributed by atoms with E-state index < -0.39 is 0 Å². The van der Waals surface area contributed by atoms with Gasteiger partial charge in [-0.25, -0.2) is 4.98 Å². The van der Waals surface area contributed by atoms with Gasteiger partial charge in [-0.15, -0.1) is 11.3 Å². The summed E-state index contributed by atoms with van der Waals surface area (Å²) in [7, 11) is 0. The van der Waals surface area contributed by atoms with Crippen LogP contribution in [0.25, 0.3) is 50.8 Å². The van der Waals surface area contributed by atoms with E-state index in [1.54, 1.807) is 23.7 Å². The van der Waals surface area contributed by atoms with Crippen LogP contribution in [0.4, 0.5) is 0 Å². The smallest absolute Gasteiger partial charge is 0.159 e. The average molecular weight is 425 g/mol. The minimum atomic E-state index is 0.690. The summed E-state index contributed by atoms with van der Waals surface area (Å²) in [5.74, 6) is 0.690. The Kier molecular flexibility index (Phi) is 4.80. The highest BCUT2D eigenvalue weighted by Gasteiger charge is 2.15. The second kappa shape index (κ2) is 7.77. The number of aromatic nitrogens is 6. The molecule has 5 aromatic heterocycles. The number of aromatic amines is 2. The van der Waals surface area contributed by atoms with E-state index in [2.05, 4.69) is 50.8 Å². The van der Waals surface area contributed by atoms with Gasteiger partial charge >= 0.3 is 0 Å². The number of thiophene rings is 1. The number of hydrogen-bond donors (Lipinski definition) is 2. The minimum absolute atomic E-state index is 0.690. The molecule has 0 unspecified atom stereocenters. The SMILES string of the molecule is C=C(/C=c1/c(-c2nc3c(-c4ccc(C)s4)nccc3[nH]2)n[nH]/c1=C/C)c1ccncc1. The number of allylic oxidation sites excluding steroid dienone is 1. The van der Waals surface area contributed by atoms with E-state index in [0.29, 0.717) is 5.82 Å². The van der Waals surface area contributed by atoms with Crippen molar-refractivity contribution >= 4 is 40.1 Å². The van der Waals surface area contributed by atoms with Crippen LogP contribution in [0.5, 0.6) is 0 Å². The molecule has 0 saturated carbocycles. The highest BCUT2D eigenvalue weighted by Crippen LogP contribution is 2.31. The van der Waals surface area contributed by atoms with Gasteiger partial charge in [0, 0.05) is 28.7 Å². The summed E-state index contributed by atoms with van der Waals surface area (Å²) in [6.45, 7) is 8.30. The van der Waals surface area contributed by atoms with Crippen molar-refractivity contribution in [2.45, 2.75) is 13.8 Å². The van der Waals surface area contributed by atoms with Crippen LogP contribution in [0.15, 0.2) is 55.5 Å². The van der Waals surface area contributed by atoms with E-state index in [9.17, 15) is 0 Å². The van der Waals surface area contributed by atoms with Gasteiger partial charge < -0.3 is 4.98 Å². The zero-order valence-electron chi connectivity index (χ0n) is 17.2. The fourth-order valence-corrected chi connectivity index (χ4v) is 4.39. The first-order chi connectivity index (χ1) is 15.1. The monoisotopic (exact) mass is 424 g/mol. The van der Waals surface area contributed by atoms with Crippen LogP contribution in [-0.2, 0) is 0 Å². The van der Waals surface area contributed by atoms with Crippen molar-refractivity contribution in [2.75, 3.05) is 0 Å². The Morgan fingerprint density at radius 2 is 1.90 bits per heavy atom. The number of imidazole rings is 1. The highest BCUT2D eigenvalue weighted by molar-refractivity contribution is 7.15. The molecule has 5 aromatic rings. The molecule has 0 atom stereocenters. The lowest BCUT2D eigenvalue weighted by Gasteiger charge is -1.98. The lowest BCUT2D eigenvalue weighted by molar-refractivity contribution is 1.05. The van der Waals surface area contributed by atoms with Crippen LogP contribution in [0, 0.1) is 6.92 Å². The van der Waals surface area contributed by atoms with Crippen molar-refractivity contribution in [3.05, 3.63) is 76.5 Å². The van der Waals surface area contributed by atoms with Crippen LogP contribution in [-0.4, -0.2) is 30.1 Å². The summed E-state index contributed by atoms with van der Waals surface area (Å²) in [6, 6.07) is 10.0. The zero-order valence-corrected chi connectivity index (χ0v) is 18.0. The van der Waals surface area contributed by atoms with Gasteiger partial charge in [0.25, 0.3) is 0 Å². The van der Waals surface area contributed by atoms with E-state index in [-0.39, 0.29) is 0 Å². The van der Waals surface area contributed by atoms with Crippen LogP contribution in [0.2, 0.25) is 0 Å². The molecular formula is C24H20N6S. The van der Waals surface area contributed by atoms with E-state index in [4.69, 9.17) is 4.98 Å². The zero-order chi connectivity index (χ0) is 21.4. The largest absolute Gasteiger partial charge is 0.336 e. The molecule has 0 aliphatic carbocycles. The van der Waals surface area contributed by atoms with Gasteiger partial charge in [-0.3, -0.25) is 15.1 Å². The molecule has 152 valence electrons. The maximum Gasteiger partial charge on any atom is 0.159 e. The molecule has 0 aromatic carbocycles. The fraction of sp³-hybridized carbons (Fsp3) is 0.0833. The molecule has 0 bridgehead atoms. The third-order valence-electron chi connectivity index (χ3n) is 5.09. The third-order valence-corrected chi connectivity index (χ3v) is 6.10. The first-order valence-corrected chi connectivity index (χ1v) is 10.7. The van der Waals surface area contributed by atoms with Crippen LogP contribution >= 0.6 is 11.3 Å². The number of pyridine rings is 2. The summed E-state index contributed by atoms with van der Waals surface area (Å²) >= 11 is 1.71. The van der Waals surface area contributed by atoms with Gasteiger partial charge in [0.15, 0.2) is 5.82 Å². The van der Waals surface area contributed by atoms with Crippen molar-refractivity contribution in [1.82, 2.24) is 30.1 Å². The Morgan fingerprint density at radius 3 is 2.65 bits per heavy atom. The topological polar surface area (TPSA) is 83.1 Å². The van der Waals surface area contributed by atoms with E-state index >= 15 is 0 Å². The molecule has 0 spiro atoms. The molecule has 7 heteroatoms. The lowest BCUT2D eigenvalue weighted by Crippen LogP contribution is -2.23. The molecule has 31 heavy (non-hydrogen) atoms. The first kappa shape index (κ1) is 19.1. The summed E-state index contributed by atoms with van der Waals surface area (Å²) < 4.78 is 0. The molecule has 5 rings (SSSR count). The molecular weight excluding hydrogens is 404 g/mol. The maximum absolute atomic E-state index is 4.89. The molecule has 0 aliphatic rings. The molecule has 2 N–H and O–H groups in total. The van der Waals surface area contributed by atoms with Crippen molar-refractivity contribution in [3.63, 3.8) is 0 Å².